The van der Waals surface area contributed by atoms with Crippen LogP contribution in [-0.2, 0) is 0 Å². The van der Waals surface area contributed by atoms with Gasteiger partial charge in [-0.05, 0) is 36.6 Å². The third-order valence-electron chi connectivity index (χ3n) is 4.04. The van der Waals surface area contributed by atoms with Crippen LogP contribution < -0.4 is 10.6 Å². The first-order valence-electron chi connectivity index (χ1n) is 6.70. The van der Waals surface area contributed by atoms with Gasteiger partial charge in [0, 0.05) is 41.4 Å². The molecule has 1 saturated heterocycles. The molecule has 0 saturated carbocycles. The number of pyridine rings is 1. The average molecular weight is 276 g/mol. The van der Waals surface area contributed by atoms with E-state index in [4.69, 9.17) is 17.3 Å². The molecule has 1 aliphatic heterocycles. The zero-order valence-electron chi connectivity index (χ0n) is 11.0. The first kappa shape index (κ1) is 12.7. The van der Waals surface area contributed by atoms with Crippen molar-refractivity contribution in [1.29, 1.82) is 0 Å². The van der Waals surface area contributed by atoms with Gasteiger partial charge in [-0.1, -0.05) is 18.5 Å². The summed E-state index contributed by atoms with van der Waals surface area (Å²) in [6, 6.07) is 8.18. The highest BCUT2D eigenvalue weighted by Crippen LogP contribution is 2.30. The molecule has 0 bridgehead atoms. The van der Waals surface area contributed by atoms with Crippen molar-refractivity contribution < 1.29 is 0 Å². The highest BCUT2D eigenvalue weighted by atomic mass is 35.5. The lowest BCUT2D eigenvalue weighted by molar-refractivity contribution is 0.380. The van der Waals surface area contributed by atoms with Crippen LogP contribution >= 0.6 is 11.6 Å². The first-order valence-corrected chi connectivity index (χ1v) is 7.08. The van der Waals surface area contributed by atoms with E-state index in [1.165, 1.54) is 5.69 Å². The summed E-state index contributed by atoms with van der Waals surface area (Å²) in [6.45, 7) is 4.19. The van der Waals surface area contributed by atoms with Crippen LogP contribution in [0.3, 0.4) is 0 Å². The predicted molar refractivity (Wildman–Crippen MR) is 80.7 cm³/mol. The van der Waals surface area contributed by atoms with Gasteiger partial charge in [0.15, 0.2) is 0 Å². The van der Waals surface area contributed by atoms with Gasteiger partial charge in [-0.25, -0.2) is 0 Å². The molecule has 2 atom stereocenters. The maximum atomic E-state index is 6.20. The summed E-state index contributed by atoms with van der Waals surface area (Å²) in [5.41, 5.74) is 8.35. The monoisotopic (exact) mass is 275 g/mol. The summed E-state index contributed by atoms with van der Waals surface area (Å²) in [4.78, 5) is 6.75. The number of anilines is 1. The number of fused-ring (bicyclic) bond motifs is 1. The van der Waals surface area contributed by atoms with Gasteiger partial charge in [0.2, 0.25) is 0 Å². The fourth-order valence-corrected chi connectivity index (χ4v) is 2.87. The van der Waals surface area contributed by atoms with E-state index in [-0.39, 0.29) is 6.04 Å². The smallest absolute Gasteiger partial charge is 0.0737 e. The number of aromatic nitrogens is 1. The fourth-order valence-electron chi connectivity index (χ4n) is 2.70. The van der Waals surface area contributed by atoms with E-state index >= 15 is 0 Å². The molecule has 3 rings (SSSR count). The van der Waals surface area contributed by atoms with Gasteiger partial charge in [0.05, 0.1) is 5.52 Å². The molecule has 0 aliphatic carbocycles. The van der Waals surface area contributed by atoms with E-state index in [9.17, 15) is 0 Å². The Morgan fingerprint density at radius 3 is 3.00 bits per heavy atom. The van der Waals surface area contributed by atoms with E-state index in [0.29, 0.717) is 5.92 Å². The summed E-state index contributed by atoms with van der Waals surface area (Å²) in [5, 5.41) is 1.87. The molecule has 2 N–H and O–H groups in total. The molecule has 4 heteroatoms. The number of piperidine rings is 1. The lowest BCUT2D eigenvalue weighted by Gasteiger charge is -2.37. The first-order chi connectivity index (χ1) is 9.15. The molecule has 1 aromatic heterocycles. The molecule has 2 heterocycles. The minimum absolute atomic E-state index is 0.240. The van der Waals surface area contributed by atoms with Crippen LogP contribution in [0.25, 0.3) is 10.9 Å². The lowest BCUT2D eigenvalue weighted by atomic mass is 9.93. The Bertz CT molecular complexity index is 599. The molecule has 3 nitrogen and oxygen atoms in total. The molecule has 2 aromatic rings. The van der Waals surface area contributed by atoms with Gasteiger partial charge >= 0.3 is 0 Å². The molecule has 0 radical (unpaired) electrons. The van der Waals surface area contributed by atoms with Crippen molar-refractivity contribution in [1.82, 2.24) is 4.98 Å². The standard InChI is InChI=1S/C15H18ClN3/c1-10-5-7-19(9-13(10)17)15-4-6-18-14-8-11(16)2-3-12(14)15/h2-4,6,8,10,13H,5,7,9,17H2,1H3. The second kappa shape index (κ2) is 4.99. The number of nitrogens with zero attached hydrogens (tertiary/aromatic N) is 2. The number of nitrogens with two attached hydrogens (primary N) is 1. The predicted octanol–water partition coefficient (Wildman–Crippen LogP) is 3.06. The molecule has 100 valence electrons. The van der Waals surface area contributed by atoms with Gasteiger partial charge in [-0.15, -0.1) is 0 Å². The summed E-state index contributed by atoms with van der Waals surface area (Å²) in [5.74, 6) is 0.596. The number of rotatable bonds is 1. The van der Waals surface area contributed by atoms with Crippen LogP contribution in [0, 0.1) is 5.92 Å². The number of halogens is 1. The Morgan fingerprint density at radius 1 is 1.37 bits per heavy atom. The SMILES string of the molecule is CC1CCN(c2ccnc3cc(Cl)ccc23)CC1N. The van der Waals surface area contributed by atoms with Crippen LogP contribution in [-0.4, -0.2) is 24.1 Å². The number of benzene rings is 1. The fraction of sp³-hybridized carbons (Fsp3) is 0.400. The minimum atomic E-state index is 0.240. The van der Waals surface area contributed by atoms with Crippen LogP contribution in [0.2, 0.25) is 5.02 Å². The van der Waals surface area contributed by atoms with Crippen LogP contribution in [0.1, 0.15) is 13.3 Å². The molecule has 1 aliphatic rings. The molecule has 1 aromatic carbocycles. The van der Waals surface area contributed by atoms with Crippen molar-refractivity contribution in [2.75, 3.05) is 18.0 Å². The maximum Gasteiger partial charge on any atom is 0.0737 e. The minimum Gasteiger partial charge on any atom is -0.369 e. The molecule has 1 fully saturated rings. The number of hydrogen-bond donors (Lipinski definition) is 1. The number of hydrogen-bond acceptors (Lipinski definition) is 3. The average Bonchev–Trinajstić information content (AvgIpc) is 2.41. The Morgan fingerprint density at radius 2 is 2.21 bits per heavy atom. The topological polar surface area (TPSA) is 42.2 Å². The molecule has 2 unspecified atom stereocenters. The Kier molecular flexibility index (Phi) is 3.33. The second-order valence-electron chi connectivity index (χ2n) is 5.37. The Hall–Kier alpha value is -1.32. The van der Waals surface area contributed by atoms with Gasteiger partial charge in [-0.2, -0.15) is 0 Å². The van der Waals surface area contributed by atoms with Crippen molar-refractivity contribution in [3.63, 3.8) is 0 Å². The van der Waals surface area contributed by atoms with E-state index in [1.807, 2.05) is 24.4 Å². The van der Waals surface area contributed by atoms with Gasteiger partial charge < -0.3 is 10.6 Å². The second-order valence-corrected chi connectivity index (χ2v) is 5.80. The van der Waals surface area contributed by atoms with Crippen LogP contribution in [0.4, 0.5) is 5.69 Å². The van der Waals surface area contributed by atoms with Crippen molar-refractivity contribution in [2.45, 2.75) is 19.4 Å². The van der Waals surface area contributed by atoms with E-state index in [0.717, 1.165) is 35.4 Å². The van der Waals surface area contributed by atoms with Crippen molar-refractivity contribution in [2.24, 2.45) is 11.7 Å². The third kappa shape index (κ3) is 2.40. The Labute approximate surface area is 118 Å². The summed E-state index contributed by atoms with van der Waals surface area (Å²) >= 11 is 6.03. The molecular formula is C15H18ClN3. The van der Waals surface area contributed by atoms with Crippen molar-refractivity contribution in [3.05, 3.63) is 35.5 Å². The van der Waals surface area contributed by atoms with E-state index < -0.39 is 0 Å². The van der Waals surface area contributed by atoms with Crippen molar-refractivity contribution in [3.8, 4) is 0 Å². The zero-order chi connectivity index (χ0) is 13.4. The summed E-state index contributed by atoms with van der Waals surface area (Å²) < 4.78 is 0. The Balaban J connectivity index is 2.01. The quantitative estimate of drug-likeness (QED) is 0.870. The molecular weight excluding hydrogens is 258 g/mol. The highest BCUT2D eigenvalue weighted by molar-refractivity contribution is 6.31. The van der Waals surface area contributed by atoms with Crippen LogP contribution in [0.15, 0.2) is 30.5 Å². The van der Waals surface area contributed by atoms with Gasteiger partial charge in [-0.3, -0.25) is 4.98 Å². The molecule has 0 amide bonds. The third-order valence-corrected chi connectivity index (χ3v) is 4.27. The molecule has 19 heavy (non-hydrogen) atoms. The summed E-state index contributed by atoms with van der Waals surface area (Å²) in [6.07, 6.45) is 2.98. The summed E-state index contributed by atoms with van der Waals surface area (Å²) in [7, 11) is 0. The van der Waals surface area contributed by atoms with Gasteiger partial charge in [0.1, 0.15) is 0 Å². The van der Waals surface area contributed by atoms with Crippen molar-refractivity contribution >= 4 is 28.2 Å². The van der Waals surface area contributed by atoms with E-state index in [1.54, 1.807) is 0 Å². The molecule has 0 spiro atoms. The van der Waals surface area contributed by atoms with E-state index in [2.05, 4.69) is 22.9 Å². The zero-order valence-corrected chi connectivity index (χ0v) is 11.8. The maximum absolute atomic E-state index is 6.20. The normalized spacial score (nSPS) is 23.8. The lowest BCUT2D eigenvalue weighted by Crippen LogP contribution is -2.47. The van der Waals surface area contributed by atoms with Gasteiger partial charge in [0.25, 0.3) is 0 Å². The highest BCUT2D eigenvalue weighted by Gasteiger charge is 2.24. The largest absolute Gasteiger partial charge is 0.369 e. The van der Waals surface area contributed by atoms with Crippen LogP contribution in [0.5, 0.6) is 0 Å².